The fraction of sp³-hybridized carbons (Fsp3) is 0.536. The molecule has 1 saturated carbocycles. The Labute approximate surface area is 186 Å². The van der Waals surface area contributed by atoms with Crippen LogP contribution in [-0.4, -0.2) is 5.60 Å². The first-order valence-electron chi connectivity index (χ1n) is 12.3. The molecular weight excluding hydrogens is 382 g/mol. The number of ether oxygens (including phenoxy) is 1. The Balaban J connectivity index is 1.86. The topological polar surface area (TPSA) is 26.2 Å². The number of para-hydroxylation sites is 2. The van der Waals surface area contributed by atoms with Gasteiger partial charge in [0.25, 0.3) is 5.52 Å². The first-order valence-corrected chi connectivity index (χ1v) is 12.3. The molecule has 3 unspecified atom stereocenters. The van der Waals surface area contributed by atoms with Crippen LogP contribution in [0.1, 0.15) is 72.3 Å². The minimum atomic E-state index is -0.301. The maximum Gasteiger partial charge on any atom is 0.386 e. The van der Waals surface area contributed by atoms with E-state index in [0.717, 1.165) is 59.9 Å². The monoisotopic (exact) mass is 418 g/mol. The number of hydrogen-bond acceptors (Lipinski definition) is 2. The van der Waals surface area contributed by atoms with Gasteiger partial charge in [0, 0.05) is 25.3 Å². The molecule has 0 saturated heterocycles. The van der Waals surface area contributed by atoms with Crippen molar-refractivity contribution in [1.82, 2.24) is 0 Å². The second-order valence-electron chi connectivity index (χ2n) is 9.89. The molecule has 3 nitrogen and oxygen atoms in total. The fourth-order valence-corrected chi connectivity index (χ4v) is 6.21. The summed E-state index contributed by atoms with van der Waals surface area (Å²) < 4.78 is 16.3. The maximum atomic E-state index is 7.26. The predicted octanol–water partition coefficient (Wildman–Crippen LogP) is 7.05. The minimum Gasteiger partial charge on any atom is -0.479 e. The van der Waals surface area contributed by atoms with Crippen LogP contribution in [0, 0.1) is 11.8 Å². The Hall–Kier alpha value is -2.29. The molecule has 0 bridgehead atoms. The van der Waals surface area contributed by atoms with E-state index in [0.29, 0.717) is 5.92 Å². The van der Waals surface area contributed by atoms with E-state index in [4.69, 9.17) is 9.15 Å². The van der Waals surface area contributed by atoms with E-state index < -0.39 is 0 Å². The van der Waals surface area contributed by atoms with E-state index >= 15 is 0 Å². The summed E-state index contributed by atoms with van der Waals surface area (Å²) in [6, 6.07) is 15.2. The van der Waals surface area contributed by atoms with Crippen molar-refractivity contribution in [2.45, 2.75) is 84.3 Å². The first kappa shape index (κ1) is 20.6. The Kier molecular flexibility index (Phi) is 4.91. The molecule has 2 aromatic carbocycles. The molecule has 164 valence electrons. The Bertz CT molecular complexity index is 1110. The van der Waals surface area contributed by atoms with Gasteiger partial charge in [0.2, 0.25) is 11.1 Å². The highest BCUT2D eigenvalue weighted by atomic mass is 16.5. The van der Waals surface area contributed by atoms with E-state index in [2.05, 4.69) is 81.7 Å². The van der Waals surface area contributed by atoms with Gasteiger partial charge in [-0.15, -0.1) is 4.57 Å². The predicted molar refractivity (Wildman–Crippen MR) is 125 cm³/mol. The molecule has 2 aliphatic rings. The second-order valence-corrected chi connectivity index (χ2v) is 9.89. The molecule has 1 aliphatic heterocycles. The quantitative estimate of drug-likeness (QED) is 0.401. The molecule has 31 heavy (non-hydrogen) atoms. The summed E-state index contributed by atoms with van der Waals surface area (Å²) in [6.45, 7) is 11.7. The molecule has 1 aliphatic carbocycles. The van der Waals surface area contributed by atoms with Gasteiger partial charge in [0.05, 0.1) is 0 Å². The summed E-state index contributed by atoms with van der Waals surface area (Å²) in [5, 5.41) is 0. The number of hydrogen-bond donors (Lipinski definition) is 0. The lowest BCUT2D eigenvalue weighted by Crippen LogP contribution is -2.71. The van der Waals surface area contributed by atoms with Crippen molar-refractivity contribution in [3.8, 4) is 17.2 Å². The number of nitrogens with zero attached hydrogens (tertiary/aromatic N) is 1. The summed E-state index contributed by atoms with van der Waals surface area (Å²) in [5.74, 6) is 3.14. The first-order chi connectivity index (χ1) is 15.0. The average Bonchev–Trinajstić information content (AvgIpc) is 3.57. The van der Waals surface area contributed by atoms with Crippen molar-refractivity contribution in [3.63, 3.8) is 0 Å². The van der Waals surface area contributed by atoms with Crippen LogP contribution in [-0.2, 0) is 12.0 Å². The molecule has 0 amide bonds. The van der Waals surface area contributed by atoms with Crippen LogP contribution >= 0.6 is 0 Å². The Morgan fingerprint density at radius 2 is 1.84 bits per heavy atom. The molecular formula is C28H36NO2+. The number of rotatable bonds is 6. The molecule has 5 rings (SSSR count). The lowest BCUT2D eigenvalue weighted by atomic mass is 9.67. The summed E-state index contributed by atoms with van der Waals surface area (Å²) >= 11 is 0. The number of oxazole rings is 1. The summed E-state index contributed by atoms with van der Waals surface area (Å²) in [4.78, 5) is 0. The van der Waals surface area contributed by atoms with E-state index in [-0.39, 0.29) is 11.1 Å². The zero-order chi connectivity index (χ0) is 21.8. The highest BCUT2D eigenvalue weighted by molar-refractivity contribution is 5.73. The van der Waals surface area contributed by atoms with Gasteiger partial charge in [-0.05, 0) is 55.4 Å². The number of aryl methyl sites for hydroxylation is 1. The molecule has 0 radical (unpaired) electrons. The Morgan fingerprint density at radius 1 is 1.06 bits per heavy atom. The molecule has 1 aromatic heterocycles. The lowest BCUT2D eigenvalue weighted by molar-refractivity contribution is -0.749. The highest BCUT2D eigenvalue weighted by Gasteiger charge is 2.64. The number of aromatic nitrogens is 1. The number of benzene rings is 2. The van der Waals surface area contributed by atoms with Crippen LogP contribution in [0.5, 0.6) is 5.75 Å². The zero-order valence-corrected chi connectivity index (χ0v) is 19.7. The summed E-state index contributed by atoms with van der Waals surface area (Å²) in [6.07, 6.45) is 6.79. The number of fused-ring (bicyclic) bond motifs is 5. The zero-order valence-electron chi connectivity index (χ0n) is 19.7. The van der Waals surface area contributed by atoms with Gasteiger partial charge >= 0.3 is 5.89 Å². The summed E-state index contributed by atoms with van der Waals surface area (Å²) in [5.41, 5.74) is 4.01. The largest absolute Gasteiger partial charge is 0.479 e. The van der Waals surface area contributed by atoms with Gasteiger partial charge in [-0.2, -0.15) is 0 Å². The van der Waals surface area contributed by atoms with Gasteiger partial charge in [0.15, 0.2) is 5.60 Å². The fourth-order valence-electron chi connectivity index (χ4n) is 6.21. The van der Waals surface area contributed by atoms with Crippen molar-refractivity contribution in [1.29, 1.82) is 0 Å². The van der Waals surface area contributed by atoms with Crippen LogP contribution in [0.15, 0.2) is 46.9 Å². The van der Waals surface area contributed by atoms with E-state index in [1.807, 2.05) is 0 Å². The molecule has 3 heteroatoms. The van der Waals surface area contributed by atoms with Crippen molar-refractivity contribution < 1.29 is 13.7 Å². The SMILES string of the molecule is CCCc1ccc2c(c1)OC(CC)(C(C)C1CC1)C(C)(CC)[n+]1c-2oc2ccccc21. The molecule has 3 aromatic rings. The van der Waals surface area contributed by atoms with Gasteiger partial charge in [-0.1, -0.05) is 52.3 Å². The van der Waals surface area contributed by atoms with Gasteiger partial charge in [-0.3, -0.25) is 0 Å². The third-order valence-electron chi connectivity index (χ3n) is 8.31. The Morgan fingerprint density at radius 3 is 2.52 bits per heavy atom. The van der Waals surface area contributed by atoms with Crippen LogP contribution < -0.4 is 9.30 Å². The normalized spacial score (nSPS) is 26.1. The molecule has 0 spiro atoms. The van der Waals surface area contributed by atoms with Crippen LogP contribution in [0.4, 0.5) is 0 Å². The van der Waals surface area contributed by atoms with E-state index in [9.17, 15) is 0 Å². The van der Waals surface area contributed by atoms with Gasteiger partial charge in [0.1, 0.15) is 11.3 Å². The average molecular weight is 419 g/mol. The van der Waals surface area contributed by atoms with Crippen LogP contribution in [0.2, 0.25) is 0 Å². The molecule has 3 atom stereocenters. The van der Waals surface area contributed by atoms with Crippen molar-refractivity contribution in [2.24, 2.45) is 11.8 Å². The summed E-state index contributed by atoms with van der Waals surface area (Å²) in [7, 11) is 0. The third-order valence-corrected chi connectivity index (χ3v) is 8.31. The molecule has 2 heterocycles. The third kappa shape index (κ3) is 2.88. The smallest absolute Gasteiger partial charge is 0.386 e. The lowest BCUT2D eigenvalue weighted by Gasteiger charge is -2.46. The minimum absolute atomic E-state index is 0.227. The van der Waals surface area contributed by atoms with E-state index in [1.54, 1.807) is 0 Å². The molecule has 1 fully saturated rings. The van der Waals surface area contributed by atoms with E-state index in [1.165, 1.54) is 18.4 Å². The van der Waals surface area contributed by atoms with Crippen molar-refractivity contribution >= 4 is 11.1 Å². The van der Waals surface area contributed by atoms with Crippen LogP contribution in [0.3, 0.4) is 0 Å². The van der Waals surface area contributed by atoms with Crippen molar-refractivity contribution in [3.05, 3.63) is 48.0 Å². The molecule has 0 N–H and O–H groups in total. The van der Waals surface area contributed by atoms with Crippen LogP contribution in [0.25, 0.3) is 22.6 Å². The highest BCUT2D eigenvalue weighted by Crippen LogP contribution is 2.54. The second kappa shape index (κ2) is 7.39. The van der Waals surface area contributed by atoms with Gasteiger partial charge in [-0.25, -0.2) is 0 Å². The van der Waals surface area contributed by atoms with Gasteiger partial charge < -0.3 is 9.15 Å². The maximum absolute atomic E-state index is 7.26. The van der Waals surface area contributed by atoms with Crippen molar-refractivity contribution in [2.75, 3.05) is 0 Å². The standard InChI is InChI=1S/C28H36NO2/c1-6-11-20-14-17-22-25(18-20)31-28(8-3,19(4)21-15-16-21)27(5,7-2)29-23-12-9-10-13-24(23)30-26(22)29/h9-10,12-14,17-19,21H,6-8,11,15-16H2,1-5H3/q+1.